The van der Waals surface area contributed by atoms with Gasteiger partial charge in [-0.05, 0) is 31.0 Å². The third-order valence-electron chi connectivity index (χ3n) is 4.32. The molecule has 0 spiro atoms. The molecule has 0 aliphatic carbocycles. The van der Waals surface area contributed by atoms with Gasteiger partial charge >= 0.3 is 0 Å². The van der Waals surface area contributed by atoms with E-state index in [1.54, 1.807) is 4.90 Å². The molecule has 26 heavy (non-hydrogen) atoms. The van der Waals surface area contributed by atoms with E-state index in [-0.39, 0.29) is 30.7 Å². The van der Waals surface area contributed by atoms with Gasteiger partial charge in [-0.2, -0.15) is 0 Å². The van der Waals surface area contributed by atoms with Gasteiger partial charge in [0.2, 0.25) is 0 Å². The van der Waals surface area contributed by atoms with Gasteiger partial charge in [0, 0.05) is 44.2 Å². The van der Waals surface area contributed by atoms with Crippen molar-refractivity contribution in [2.24, 2.45) is 5.73 Å². The average molecular weight is 417 g/mol. The van der Waals surface area contributed by atoms with Crippen molar-refractivity contribution in [3.63, 3.8) is 0 Å². The van der Waals surface area contributed by atoms with E-state index in [1.165, 1.54) is 35.4 Å². The van der Waals surface area contributed by atoms with Crippen LogP contribution in [0.3, 0.4) is 0 Å². The number of nitrogens with zero attached hydrogens (tertiary/aromatic N) is 3. The van der Waals surface area contributed by atoms with Gasteiger partial charge in [-0.25, -0.2) is 4.98 Å². The van der Waals surface area contributed by atoms with Gasteiger partial charge in [0.25, 0.3) is 5.91 Å². The van der Waals surface area contributed by atoms with Gasteiger partial charge in [-0.15, -0.1) is 36.2 Å². The Kier molecular flexibility index (Phi) is 9.36. The molecule has 5 nitrogen and oxygen atoms in total. The first-order valence-electron chi connectivity index (χ1n) is 8.42. The van der Waals surface area contributed by atoms with Crippen molar-refractivity contribution in [2.45, 2.75) is 25.8 Å². The third-order valence-corrected chi connectivity index (χ3v) is 5.23. The van der Waals surface area contributed by atoms with Crippen molar-refractivity contribution in [1.29, 1.82) is 0 Å². The number of benzene rings is 1. The van der Waals surface area contributed by atoms with E-state index in [1.807, 2.05) is 18.5 Å². The third kappa shape index (κ3) is 5.33. The Hall–Kier alpha value is -1.34. The molecule has 1 aliphatic heterocycles. The molecule has 144 valence electrons. The summed E-state index contributed by atoms with van der Waals surface area (Å²) in [7, 11) is 1.84. The lowest BCUT2D eigenvalue weighted by Crippen LogP contribution is -2.28. The molecule has 0 radical (unpaired) electrons. The Morgan fingerprint density at radius 3 is 2.65 bits per heavy atom. The van der Waals surface area contributed by atoms with Crippen LogP contribution in [0.4, 0.5) is 5.69 Å². The maximum absolute atomic E-state index is 12.6. The van der Waals surface area contributed by atoms with Gasteiger partial charge in [0.1, 0.15) is 5.69 Å². The maximum Gasteiger partial charge on any atom is 0.273 e. The van der Waals surface area contributed by atoms with Crippen LogP contribution >= 0.6 is 36.2 Å². The summed E-state index contributed by atoms with van der Waals surface area (Å²) >= 11 is 1.50. The van der Waals surface area contributed by atoms with Gasteiger partial charge in [0.15, 0.2) is 0 Å². The van der Waals surface area contributed by atoms with Crippen molar-refractivity contribution in [2.75, 3.05) is 31.6 Å². The fourth-order valence-electron chi connectivity index (χ4n) is 3.08. The summed E-state index contributed by atoms with van der Waals surface area (Å²) in [4.78, 5) is 21.2. The number of rotatable bonds is 6. The topological polar surface area (TPSA) is 62.5 Å². The van der Waals surface area contributed by atoms with E-state index in [4.69, 9.17) is 5.73 Å². The highest BCUT2D eigenvalue weighted by molar-refractivity contribution is 7.09. The Balaban J connectivity index is 0.00000169. The van der Waals surface area contributed by atoms with E-state index < -0.39 is 0 Å². The predicted octanol–water partition coefficient (Wildman–Crippen LogP) is 3.36. The summed E-state index contributed by atoms with van der Waals surface area (Å²) in [5.74, 6) is -0.0363. The van der Waals surface area contributed by atoms with Crippen molar-refractivity contribution in [1.82, 2.24) is 9.88 Å². The van der Waals surface area contributed by atoms with E-state index in [2.05, 4.69) is 28.1 Å². The molecule has 1 aromatic carbocycles. The second kappa shape index (κ2) is 10.7. The second-order valence-corrected chi connectivity index (χ2v) is 7.09. The van der Waals surface area contributed by atoms with Crippen LogP contribution < -0.4 is 10.6 Å². The van der Waals surface area contributed by atoms with Crippen LogP contribution in [0.5, 0.6) is 0 Å². The van der Waals surface area contributed by atoms with Crippen molar-refractivity contribution in [3.05, 3.63) is 45.9 Å². The van der Waals surface area contributed by atoms with Crippen LogP contribution in [0.15, 0.2) is 29.6 Å². The summed E-state index contributed by atoms with van der Waals surface area (Å²) < 4.78 is 0. The molecule has 0 atom stereocenters. The summed E-state index contributed by atoms with van der Waals surface area (Å²) in [5.41, 5.74) is 8.50. The van der Waals surface area contributed by atoms with Crippen molar-refractivity contribution >= 4 is 47.7 Å². The first kappa shape index (κ1) is 22.7. The lowest BCUT2D eigenvalue weighted by atomic mass is 10.1. The Morgan fingerprint density at radius 1 is 1.27 bits per heavy atom. The standard InChI is InChI=1S/C18H24N4OS.2ClH/c1-21(18(23)15-13-24-17(20-15)8-9-19)12-14-6-2-3-7-16(14)22-10-4-5-11-22;;/h2-3,6-7,13H,4-5,8-12,19H2,1H3;2*1H. The molecule has 2 aromatic rings. The van der Waals surface area contributed by atoms with Crippen LogP contribution in [-0.2, 0) is 13.0 Å². The number of hydrogen-bond acceptors (Lipinski definition) is 5. The smallest absolute Gasteiger partial charge is 0.273 e. The molecule has 2 heterocycles. The largest absolute Gasteiger partial charge is 0.371 e. The highest BCUT2D eigenvalue weighted by Gasteiger charge is 2.19. The maximum atomic E-state index is 12.6. The Bertz CT molecular complexity index is 704. The molecule has 0 saturated carbocycles. The molecule has 1 fully saturated rings. The van der Waals surface area contributed by atoms with Gasteiger partial charge in [-0.1, -0.05) is 18.2 Å². The van der Waals surface area contributed by atoms with Gasteiger partial charge in [-0.3, -0.25) is 4.79 Å². The second-order valence-electron chi connectivity index (χ2n) is 6.15. The van der Waals surface area contributed by atoms with E-state index in [0.29, 0.717) is 18.8 Å². The quantitative estimate of drug-likeness (QED) is 0.783. The zero-order chi connectivity index (χ0) is 16.9. The van der Waals surface area contributed by atoms with Crippen LogP contribution in [-0.4, -0.2) is 42.5 Å². The molecule has 0 unspecified atom stereocenters. The Labute approximate surface area is 171 Å². The predicted molar refractivity (Wildman–Crippen MR) is 113 cm³/mol. The molecule has 1 aromatic heterocycles. The van der Waals surface area contributed by atoms with Gasteiger partial charge < -0.3 is 15.5 Å². The number of anilines is 1. The number of carbonyl (C=O) groups is 1. The molecule has 2 N–H and O–H groups in total. The summed E-state index contributed by atoms with van der Waals surface area (Å²) in [5, 5.41) is 2.75. The molecule has 1 saturated heterocycles. The summed E-state index contributed by atoms with van der Waals surface area (Å²) in [6, 6.07) is 8.37. The van der Waals surface area contributed by atoms with E-state index in [9.17, 15) is 4.79 Å². The Morgan fingerprint density at radius 2 is 1.96 bits per heavy atom. The molecular formula is C18H26Cl2N4OS. The van der Waals surface area contributed by atoms with Crippen molar-refractivity contribution in [3.8, 4) is 0 Å². The number of hydrogen-bond donors (Lipinski definition) is 1. The molecule has 0 bridgehead atoms. The molecule has 8 heteroatoms. The number of halogens is 2. The first-order valence-corrected chi connectivity index (χ1v) is 9.30. The number of nitrogens with two attached hydrogens (primary N) is 1. The van der Waals surface area contributed by atoms with Crippen LogP contribution in [0.2, 0.25) is 0 Å². The van der Waals surface area contributed by atoms with Crippen LogP contribution in [0, 0.1) is 0 Å². The monoisotopic (exact) mass is 416 g/mol. The highest BCUT2D eigenvalue weighted by atomic mass is 35.5. The summed E-state index contributed by atoms with van der Waals surface area (Å²) in [6.07, 6.45) is 3.21. The minimum Gasteiger partial charge on any atom is -0.371 e. The molecule has 3 rings (SSSR count). The average Bonchev–Trinajstić information content (AvgIpc) is 3.26. The number of aromatic nitrogens is 1. The number of thiazole rings is 1. The highest BCUT2D eigenvalue weighted by Crippen LogP contribution is 2.25. The van der Waals surface area contributed by atoms with Crippen LogP contribution in [0.1, 0.15) is 33.9 Å². The normalized spacial score (nSPS) is 13.1. The lowest BCUT2D eigenvalue weighted by Gasteiger charge is -2.24. The van der Waals surface area contributed by atoms with Crippen molar-refractivity contribution < 1.29 is 4.79 Å². The molecular weight excluding hydrogens is 391 g/mol. The number of amides is 1. The SMILES string of the molecule is CN(Cc1ccccc1N1CCCC1)C(=O)c1csc(CCN)n1.Cl.Cl. The zero-order valence-electron chi connectivity index (χ0n) is 14.9. The fraction of sp³-hybridized carbons (Fsp3) is 0.444. The number of carbonyl (C=O) groups excluding carboxylic acids is 1. The fourth-order valence-corrected chi connectivity index (χ4v) is 3.87. The van der Waals surface area contributed by atoms with E-state index in [0.717, 1.165) is 24.5 Å². The first-order chi connectivity index (χ1) is 11.7. The number of para-hydroxylation sites is 1. The minimum absolute atomic E-state index is 0. The molecule has 1 amide bonds. The van der Waals surface area contributed by atoms with E-state index >= 15 is 0 Å². The minimum atomic E-state index is -0.0363. The zero-order valence-corrected chi connectivity index (χ0v) is 17.3. The molecule has 1 aliphatic rings. The lowest BCUT2D eigenvalue weighted by molar-refractivity contribution is 0.0780. The summed E-state index contributed by atoms with van der Waals surface area (Å²) in [6.45, 7) is 3.35. The van der Waals surface area contributed by atoms with Crippen LogP contribution in [0.25, 0.3) is 0 Å². The van der Waals surface area contributed by atoms with Gasteiger partial charge in [0.05, 0.1) is 5.01 Å².